The molecule has 1 atom stereocenters. The van der Waals surface area contributed by atoms with Crippen molar-refractivity contribution < 1.29 is 28.5 Å². The summed E-state index contributed by atoms with van der Waals surface area (Å²) < 4.78 is 28.2. The minimum atomic E-state index is -0.335. The Labute approximate surface area is 218 Å². The molecule has 3 aromatic rings. The highest BCUT2D eigenvalue weighted by Gasteiger charge is 2.34. The molecule has 7 nitrogen and oxygen atoms in total. The molecule has 1 aliphatic rings. The van der Waals surface area contributed by atoms with Gasteiger partial charge in [0.2, 0.25) is 0 Å². The first-order valence-corrected chi connectivity index (χ1v) is 12.4. The van der Waals surface area contributed by atoms with Gasteiger partial charge in [-0.1, -0.05) is 26.0 Å². The molecule has 37 heavy (non-hydrogen) atoms. The highest BCUT2D eigenvalue weighted by molar-refractivity contribution is 5.95. The van der Waals surface area contributed by atoms with Gasteiger partial charge in [-0.05, 0) is 65.4 Å². The lowest BCUT2D eigenvalue weighted by Gasteiger charge is -2.37. The quantitative estimate of drug-likeness (QED) is 0.374. The topological polar surface area (TPSA) is 66.5 Å². The molecule has 7 heteroatoms. The normalized spacial score (nSPS) is 14.7. The molecule has 0 saturated carbocycles. The number of hydrogen-bond donors (Lipinski definition) is 0. The number of carbonyl (C=O) groups excluding carboxylic acids is 1. The first kappa shape index (κ1) is 26.2. The lowest BCUT2D eigenvalue weighted by atomic mass is 9.91. The maximum Gasteiger partial charge on any atom is 0.254 e. The van der Waals surface area contributed by atoms with E-state index in [0.717, 1.165) is 16.9 Å². The van der Waals surface area contributed by atoms with Crippen LogP contribution in [-0.4, -0.2) is 52.4 Å². The van der Waals surface area contributed by atoms with Gasteiger partial charge in [0.05, 0.1) is 34.5 Å². The number of ether oxygens (including phenoxy) is 5. The van der Waals surface area contributed by atoms with Gasteiger partial charge in [0.1, 0.15) is 23.9 Å². The number of nitrogens with zero attached hydrogens (tertiary/aromatic N) is 1. The smallest absolute Gasteiger partial charge is 0.254 e. The van der Waals surface area contributed by atoms with Gasteiger partial charge in [0, 0.05) is 18.2 Å². The summed E-state index contributed by atoms with van der Waals surface area (Å²) in [5, 5.41) is 0. The Balaban J connectivity index is 1.70. The zero-order valence-corrected chi connectivity index (χ0v) is 22.4. The van der Waals surface area contributed by atoms with E-state index < -0.39 is 0 Å². The van der Waals surface area contributed by atoms with Gasteiger partial charge in [0.15, 0.2) is 11.5 Å². The Bertz CT molecular complexity index is 1220. The molecular weight excluding hydrogens is 470 g/mol. The minimum absolute atomic E-state index is 0.124. The summed E-state index contributed by atoms with van der Waals surface area (Å²) in [6.45, 7) is 5.14. The predicted molar refractivity (Wildman–Crippen MR) is 143 cm³/mol. The molecule has 196 valence electrons. The van der Waals surface area contributed by atoms with Crippen molar-refractivity contribution in [3.8, 4) is 28.7 Å². The third-order valence-corrected chi connectivity index (χ3v) is 6.82. The van der Waals surface area contributed by atoms with Crippen molar-refractivity contribution in [2.75, 3.05) is 41.6 Å². The van der Waals surface area contributed by atoms with Crippen LogP contribution in [0.25, 0.3) is 0 Å². The molecule has 1 aliphatic heterocycles. The monoisotopic (exact) mass is 505 g/mol. The zero-order valence-electron chi connectivity index (χ0n) is 22.4. The molecule has 0 aliphatic carbocycles. The van der Waals surface area contributed by atoms with E-state index in [0.29, 0.717) is 47.4 Å². The molecule has 4 rings (SSSR count). The molecule has 3 aromatic carbocycles. The molecule has 0 aromatic heterocycles. The number of rotatable bonds is 9. The van der Waals surface area contributed by atoms with E-state index in [1.807, 2.05) is 29.2 Å². The molecule has 1 amide bonds. The molecule has 0 N–H and O–H groups in total. The molecule has 0 fully saturated rings. The lowest BCUT2D eigenvalue weighted by molar-refractivity contribution is 0.0588. The summed E-state index contributed by atoms with van der Waals surface area (Å²) in [6, 6.07) is 16.9. The van der Waals surface area contributed by atoms with Crippen molar-refractivity contribution >= 4 is 5.91 Å². The maximum atomic E-state index is 13.9. The van der Waals surface area contributed by atoms with Gasteiger partial charge in [-0.3, -0.25) is 4.79 Å². The maximum absolute atomic E-state index is 13.9. The van der Waals surface area contributed by atoms with Gasteiger partial charge in [-0.2, -0.15) is 0 Å². The average molecular weight is 506 g/mol. The zero-order chi connectivity index (χ0) is 26.5. The molecule has 0 radical (unpaired) electrons. The van der Waals surface area contributed by atoms with E-state index in [2.05, 4.69) is 26.0 Å². The van der Waals surface area contributed by atoms with E-state index in [9.17, 15) is 4.79 Å². The van der Waals surface area contributed by atoms with Crippen LogP contribution in [0, 0.1) is 0 Å². The highest BCUT2D eigenvalue weighted by atomic mass is 16.5. The van der Waals surface area contributed by atoms with Gasteiger partial charge < -0.3 is 28.6 Å². The number of amides is 1. The van der Waals surface area contributed by atoms with E-state index in [1.54, 1.807) is 46.6 Å². The van der Waals surface area contributed by atoms with Crippen LogP contribution in [0.1, 0.15) is 52.9 Å². The van der Waals surface area contributed by atoms with Crippen LogP contribution >= 0.6 is 0 Å². The van der Waals surface area contributed by atoms with E-state index >= 15 is 0 Å². The minimum Gasteiger partial charge on any atom is -0.497 e. The third-order valence-electron chi connectivity index (χ3n) is 6.82. The SMILES string of the molecule is COc1cc(OC)cc(C(=O)N2CCc3cc(OC)c(OC)cc3C2COc2ccc(C(C)C)cc2)c1. The number of carbonyl (C=O) groups is 1. The summed E-state index contributed by atoms with van der Waals surface area (Å²) in [5.74, 6) is 3.48. The average Bonchev–Trinajstić information content (AvgIpc) is 2.94. The van der Waals surface area contributed by atoms with Crippen LogP contribution < -0.4 is 23.7 Å². The second-order valence-corrected chi connectivity index (χ2v) is 9.31. The van der Waals surface area contributed by atoms with Crippen molar-refractivity contribution in [3.63, 3.8) is 0 Å². The summed E-state index contributed by atoms with van der Waals surface area (Å²) in [4.78, 5) is 15.7. The number of benzene rings is 3. The van der Waals surface area contributed by atoms with E-state index in [-0.39, 0.29) is 18.6 Å². The molecule has 0 saturated heterocycles. The Morgan fingerprint density at radius 1 is 0.838 bits per heavy atom. The van der Waals surface area contributed by atoms with Gasteiger partial charge >= 0.3 is 0 Å². The lowest BCUT2D eigenvalue weighted by Crippen LogP contribution is -2.42. The van der Waals surface area contributed by atoms with Crippen molar-refractivity contribution in [1.29, 1.82) is 0 Å². The van der Waals surface area contributed by atoms with Gasteiger partial charge in [-0.25, -0.2) is 0 Å². The second kappa shape index (κ2) is 11.5. The third kappa shape index (κ3) is 5.61. The first-order valence-electron chi connectivity index (χ1n) is 12.4. The molecule has 1 heterocycles. The predicted octanol–water partition coefficient (Wildman–Crippen LogP) is 5.66. The fourth-order valence-corrected chi connectivity index (χ4v) is 4.67. The second-order valence-electron chi connectivity index (χ2n) is 9.31. The standard InChI is InChI=1S/C30H35NO6/c1-19(2)20-7-9-23(10-8-20)37-18-27-26-17-29(36-6)28(35-5)15-21(26)11-12-31(27)30(32)22-13-24(33-3)16-25(14-22)34-4/h7-10,13-17,19,27H,11-12,18H2,1-6H3. The Hall–Kier alpha value is -3.87. The molecule has 0 bridgehead atoms. The Kier molecular flexibility index (Phi) is 8.11. The molecular formula is C30H35NO6. The number of fused-ring (bicyclic) bond motifs is 1. The van der Waals surface area contributed by atoms with Crippen LogP contribution in [0.5, 0.6) is 28.7 Å². The fourth-order valence-electron chi connectivity index (χ4n) is 4.67. The summed E-state index contributed by atoms with van der Waals surface area (Å²) >= 11 is 0. The van der Waals surface area contributed by atoms with Crippen LogP contribution in [-0.2, 0) is 6.42 Å². The van der Waals surface area contributed by atoms with Crippen molar-refractivity contribution in [2.45, 2.75) is 32.2 Å². The highest BCUT2D eigenvalue weighted by Crippen LogP contribution is 2.39. The van der Waals surface area contributed by atoms with Crippen molar-refractivity contribution in [3.05, 3.63) is 76.9 Å². The van der Waals surface area contributed by atoms with E-state index in [4.69, 9.17) is 23.7 Å². The van der Waals surface area contributed by atoms with Crippen molar-refractivity contribution in [1.82, 2.24) is 4.90 Å². The van der Waals surface area contributed by atoms with E-state index in [1.165, 1.54) is 5.56 Å². The number of methoxy groups -OCH3 is 4. The summed E-state index contributed by atoms with van der Waals surface area (Å²) in [5.41, 5.74) is 3.82. The van der Waals surface area contributed by atoms with Gasteiger partial charge in [0.25, 0.3) is 5.91 Å². The van der Waals surface area contributed by atoms with Gasteiger partial charge in [-0.15, -0.1) is 0 Å². The number of hydrogen-bond acceptors (Lipinski definition) is 6. The first-order chi connectivity index (χ1) is 17.9. The summed E-state index contributed by atoms with van der Waals surface area (Å²) in [7, 11) is 6.38. The fraction of sp³-hybridized carbons (Fsp3) is 0.367. The van der Waals surface area contributed by atoms with Crippen LogP contribution in [0.3, 0.4) is 0 Å². The molecule has 1 unspecified atom stereocenters. The summed E-state index contributed by atoms with van der Waals surface area (Å²) in [6.07, 6.45) is 0.683. The molecule has 0 spiro atoms. The Morgan fingerprint density at radius 2 is 1.46 bits per heavy atom. The van der Waals surface area contributed by atoms with Crippen molar-refractivity contribution in [2.24, 2.45) is 0 Å². The van der Waals surface area contributed by atoms with Crippen LogP contribution in [0.15, 0.2) is 54.6 Å². The van der Waals surface area contributed by atoms with Crippen LogP contribution in [0.2, 0.25) is 0 Å². The van der Waals surface area contributed by atoms with Crippen LogP contribution in [0.4, 0.5) is 0 Å². The largest absolute Gasteiger partial charge is 0.497 e. The Morgan fingerprint density at radius 3 is 2.03 bits per heavy atom.